The van der Waals surface area contributed by atoms with E-state index in [1.54, 1.807) is 12.3 Å². The van der Waals surface area contributed by atoms with E-state index in [0.29, 0.717) is 5.65 Å². The molecule has 0 atom stereocenters. The van der Waals surface area contributed by atoms with Gasteiger partial charge >= 0.3 is 0 Å². The fourth-order valence-corrected chi connectivity index (χ4v) is 2.23. The standard InChI is InChI=1S/C11H15N3O2S/c1-11(2,3)8-4-5-9-13-6-10(14(9)7-8)17(12,15)16/h4-7H,1-3H3,(H2,12,15,16). The molecule has 0 unspecified atom stereocenters. The molecule has 0 spiro atoms. The van der Waals surface area contributed by atoms with E-state index in [1.807, 2.05) is 6.07 Å². The van der Waals surface area contributed by atoms with Gasteiger partial charge in [-0.15, -0.1) is 0 Å². The average Bonchev–Trinajstić information content (AvgIpc) is 2.57. The average molecular weight is 253 g/mol. The Balaban J connectivity index is 2.76. The zero-order valence-electron chi connectivity index (χ0n) is 10.0. The third kappa shape index (κ3) is 2.18. The van der Waals surface area contributed by atoms with Crippen LogP contribution in [0.3, 0.4) is 0 Å². The lowest BCUT2D eigenvalue weighted by atomic mass is 9.88. The zero-order chi connectivity index (χ0) is 12.8. The summed E-state index contributed by atoms with van der Waals surface area (Å²) in [5.41, 5.74) is 1.53. The van der Waals surface area contributed by atoms with Gasteiger partial charge in [0.2, 0.25) is 0 Å². The van der Waals surface area contributed by atoms with Crippen molar-refractivity contribution in [3.8, 4) is 0 Å². The van der Waals surface area contributed by atoms with Gasteiger partial charge in [-0.3, -0.25) is 4.40 Å². The van der Waals surface area contributed by atoms with Gasteiger partial charge in [0.1, 0.15) is 5.65 Å². The summed E-state index contributed by atoms with van der Waals surface area (Å²) in [5, 5.41) is 5.15. The van der Waals surface area contributed by atoms with Crippen molar-refractivity contribution in [2.75, 3.05) is 0 Å². The van der Waals surface area contributed by atoms with Crippen LogP contribution in [0.2, 0.25) is 0 Å². The van der Waals surface area contributed by atoms with Gasteiger partial charge in [0.25, 0.3) is 10.0 Å². The molecule has 2 aromatic rings. The molecule has 0 saturated carbocycles. The first kappa shape index (κ1) is 12.1. The second-order valence-corrected chi connectivity index (χ2v) is 6.55. The van der Waals surface area contributed by atoms with Gasteiger partial charge in [0, 0.05) is 6.20 Å². The Morgan fingerprint density at radius 3 is 2.47 bits per heavy atom. The molecule has 2 aromatic heterocycles. The van der Waals surface area contributed by atoms with Crippen molar-refractivity contribution in [3.63, 3.8) is 0 Å². The first-order chi connectivity index (χ1) is 7.69. The van der Waals surface area contributed by atoms with Crippen LogP contribution in [-0.4, -0.2) is 17.8 Å². The fraction of sp³-hybridized carbons (Fsp3) is 0.364. The highest BCUT2D eigenvalue weighted by Crippen LogP contribution is 2.23. The maximum Gasteiger partial charge on any atom is 0.255 e. The number of imidazole rings is 1. The molecule has 0 aliphatic carbocycles. The molecule has 0 saturated heterocycles. The summed E-state index contributed by atoms with van der Waals surface area (Å²) in [6.07, 6.45) is 3.04. The summed E-state index contributed by atoms with van der Waals surface area (Å²) in [4.78, 5) is 4.01. The quantitative estimate of drug-likeness (QED) is 0.831. The monoisotopic (exact) mass is 253 g/mol. The Labute approximate surface area is 100 Å². The van der Waals surface area contributed by atoms with Crippen LogP contribution in [-0.2, 0) is 15.4 Å². The van der Waals surface area contributed by atoms with E-state index in [1.165, 1.54) is 10.6 Å². The summed E-state index contributed by atoms with van der Waals surface area (Å²) >= 11 is 0. The summed E-state index contributed by atoms with van der Waals surface area (Å²) in [6, 6.07) is 3.73. The van der Waals surface area contributed by atoms with E-state index in [4.69, 9.17) is 5.14 Å². The van der Waals surface area contributed by atoms with Gasteiger partial charge in [0.15, 0.2) is 5.03 Å². The maximum atomic E-state index is 11.4. The van der Waals surface area contributed by atoms with Crippen molar-refractivity contribution in [2.45, 2.75) is 31.2 Å². The molecule has 6 heteroatoms. The topological polar surface area (TPSA) is 77.5 Å². The largest absolute Gasteiger partial charge is 0.289 e. The molecule has 0 aliphatic heterocycles. The summed E-state index contributed by atoms with van der Waals surface area (Å²) in [6.45, 7) is 6.17. The smallest absolute Gasteiger partial charge is 0.255 e. The molecule has 92 valence electrons. The molecule has 0 radical (unpaired) electrons. The predicted octanol–water partition coefficient (Wildman–Crippen LogP) is 1.28. The molecular weight excluding hydrogens is 238 g/mol. The van der Waals surface area contributed by atoms with E-state index in [-0.39, 0.29) is 10.4 Å². The lowest BCUT2D eigenvalue weighted by molar-refractivity contribution is 0.580. The number of nitrogens with two attached hydrogens (primary N) is 1. The SMILES string of the molecule is CC(C)(C)c1ccc2ncc(S(N)(=O)=O)n2c1. The molecule has 0 bridgehead atoms. The molecule has 2 N–H and O–H groups in total. The van der Waals surface area contributed by atoms with Crippen LogP contribution < -0.4 is 5.14 Å². The van der Waals surface area contributed by atoms with Crippen LogP contribution >= 0.6 is 0 Å². The van der Waals surface area contributed by atoms with Gasteiger partial charge in [-0.1, -0.05) is 26.8 Å². The van der Waals surface area contributed by atoms with Crippen molar-refractivity contribution < 1.29 is 8.42 Å². The number of sulfonamides is 1. The second kappa shape index (κ2) is 3.54. The third-order valence-electron chi connectivity index (χ3n) is 2.63. The van der Waals surface area contributed by atoms with E-state index in [2.05, 4.69) is 25.8 Å². The molecule has 0 amide bonds. The molecular formula is C11H15N3O2S. The molecule has 0 aromatic carbocycles. The number of aromatic nitrogens is 2. The van der Waals surface area contributed by atoms with Crippen LogP contribution in [0.15, 0.2) is 29.6 Å². The Morgan fingerprint density at radius 2 is 1.94 bits per heavy atom. The van der Waals surface area contributed by atoms with Crippen LogP contribution in [0.5, 0.6) is 0 Å². The van der Waals surface area contributed by atoms with E-state index >= 15 is 0 Å². The van der Waals surface area contributed by atoms with Gasteiger partial charge in [-0.05, 0) is 17.0 Å². The maximum absolute atomic E-state index is 11.4. The lowest BCUT2D eigenvalue weighted by Crippen LogP contribution is -2.16. The van der Waals surface area contributed by atoms with Crippen molar-refractivity contribution in [1.82, 2.24) is 9.38 Å². The highest BCUT2D eigenvalue weighted by Gasteiger charge is 2.18. The zero-order valence-corrected chi connectivity index (χ0v) is 10.8. The number of fused-ring (bicyclic) bond motifs is 1. The van der Waals surface area contributed by atoms with Crippen molar-refractivity contribution in [2.24, 2.45) is 5.14 Å². The Bertz CT molecular complexity index is 666. The molecule has 5 nitrogen and oxygen atoms in total. The number of nitrogens with zero attached hydrogens (tertiary/aromatic N) is 2. The number of rotatable bonds is 1. The number of hydrogen-bond acceptors (Lipinski definition) is 3. The van der Waals surface area contributed by atoms with E-state index < -0.39 is 10.0 Å². The minimum Gasteiger partial charge on any atom is -0.289 e. The Kier molecular flexibility index (Phi) is 2.52. The van der Waals surface area contributed by atoms with Crippen LogP contribution in [0, 0.1) is 0 Å². The van der Waals surface area contributed by atoms with Gasteiger partial charge in [0.05, 0.1) is 6.20 Å². The highest BCUT2D eigenvalue weighted by molar-refractivity contribution is 7.89. The molecule has 0 aliphatic rings. The van der Waals surface area contributed by atoms with Crippen molar-refractivity contribution in [3.05, 3.63) is 30.1 Å². The summed E-state index contributed by atoms with van der Waals surface area (Å²) < 4.78 is 24.3. The number of pyridine rings is 1. The van der Waals surface area contributed by atoms with E-state index in [9.17, 15) is 8.42 Å². The Hall–Kier alpha value is -1.40. The first-order valence-corrected chi connectivity index (χ1v) is 6.74. The third-order valence-corrected chi connectivity index (χ3v) is 3.51. The van der Waals surface area contributed by atoms with Gasteiger partial charge < -0.3 is 0 Å². The minimum atomic E-state index is -3.75. The predicted molar refractivity (Wildman–Crippen MR) is 65.3 cm³/mol. The second-order valence-electron chi connectivity index (χ2n) is 5.04. The summed E-state index contributed by atoms with van der Waals surface area (Å²) in [5.74, 6) is 0. The molecule has 2 heterocycles. The van der Waals surface area contributed by atoms with Crippen LogP contribution in [0.1, 0.15) is 26.3 Å². The molecule has 2 rings (SSSR count). The van der Waals surface area contributed by atoms with Gasteiger partial charge in [-0.2, -0.15) is 0 Å². The van der Waals surface area contributed by atoms with Crippen molar-refractivity contribution in [1.29, 1.82) is 0 Å². The number of primary sulfonamides is 1. The van der Waals surface area contributed by atoms with Crippen LogP contribution in [0.4, 0.5) is 0 Å². The molecule has 17 heavy (non-hydrogen) atoms. The van der Waals surface area contributed by atoms with E-state index in [0.717, 1.165) is 5.56 Å². The first-order valence-electron chi connectivity index (χ1n) is 5.20. The summed E-state index contributed by atoms with van der Waals surface area (Å²) in [7, 11) is -3.75. The highest BCUT2D eigenvalue weighted by atomic mass is 32.2. The normalized spacial score (nSPS) is 13.2. The fourth-order valence-electron chi connectivity index (χ4n) is 1.61. The minimum absolute atomic E-state index is 0.0126. The van der Waals surface area contributed by atoms with Crippen LogP contribution in [0.25, 0.3) is 5.65 Å². The van der Waals surface area contributed by atoms with Gasteiger partial charge in [-0.25, -0.2) is 18.5 Å². The number of hydrogen-bond donors (Lipinski definition) is 1. The lowest BCUT2D eigenvalue weighted by Gasteiger charge is -2.19. The van der Waals surface area contributed by atoms with Crippen molar-refractivity contribution >= 4 is 15.7 Å². The Morgan fingerprint density at radius 1 is 1.29 bits per heavy atom. The molecule has 0 fully saturated rings.